The molecular formula is C22H26O6. The number of carbonyl (C=O) groups is 2. The minimum Gasteiger partial charge on any atom is -0.390 e. The fourth-order valence-electron chi connectivity index (χ4n) is 2.91. The van der Waals surface area contributed by atoms with E-state index < -0.39 is 36.0 Å². The zero-order valence-electron chi connectivity index (χ0n) is 15.9. The molecule has 0 saturated heterocycles. The van der Waals surface area contributed by atoms with Crippen LogP contribution in [-0.4, -0.2) is 56.4 Å². The number of hydrogen-bond acceptors (Lipinski definition) is 6. The maximum Gasteiger partial charge on any atom is 0.232 e. The van der Waals surface area contributed by atoms with Gasteiger partial charge < -0.3 is 20.4 Å². The van der Waals surface area contributed by atoms with Crippen molar-refractivity contribution < 1.29 is 30.0 Å². The van der Waals surface area contributed by atoms with Crippen LogP contribution in [0.4, 0.5) is 0 Å². The minimum absolute atomic E-state index is 0.0239. The highest BCUT2D eigenvalue weighted by molar-refractivity contribution is 6.40. The van der Waals surface area contributed by atoms with E-state index in [0.717, 1.165) is 11.1 Å². The van der Waals surface area contributed by atoms with E-state index in [1.54, 1.807) is 30.3 Å². The molecule has 2 rings (SSSR count). The molecule has 0 radical (unpaired) electrons. The second kappa shape index (κ2) is 9.71. The van der Waals surface area contributed by atoms with Crippen LogP contribution in [0.3, 0.4) is 0 Å². The van der Waals surface area contributed by atoms with Crippen LogP contribution in [0.5, 0.6) is 0 Å². The van der Waals surface area contributed by atoms with Gasteiger partial charge in [-0.3, -0.25) is 9.59 Å². The summed E-state index contributed by atoms with van der Waals surface area (Å²) in [5, 5.41) is 40.2. The van der Waals surface area contributed by atoms with Gasteiger partial charge in [-0.25, -0.2) is 0 Å². The Bertz CT molecular complexity index is 814. The van der Waals surface area contributed by atoms with E-state index >= 15 is 0 Å². The number of aryl methyl sites for hydroxylation is 2. The maximum atomic E-state index is 12.2. The van der Waals surface area contributed by atoms with Crippen LogP contribution in [0.2, 0.25) is 0 Å². The van der Waals surface area contributed by atoms with Crippen molar-refractivity contribution in [3.8, 4) is 0 Å². The number of carbonyl (C=O) groups excluding carboxylic acids is 2. The number of Topliss-reactive ketones (excluding diaryl/α,β-unsaturated/α-hetero) is 2. The third-order valence-electron chi connectivity index (χ3n) is 4.60. The summed E-state index contributed by atoms with van der Waals surface area (Å²) in [4.78, 5) is 24.3. The molecule has 0 saturated carbocycles. The Labute approximate surface area is 164 Å². The molecule has 0 aromatic heterocycles. The van der Waals surface area contributed by atoms with Gasteiger partial charge in [-0.1, -0.05) is 59.7 Å². The van der Waals surface area contributed by atoms with Gasteiger partial charge in [0.05, 0.1) is 12.2 Å². The molecule has 0 heterocycles. The average Bonchev–Trinajstić information content (AvgIpc) is 2.67. The quantitative estimate of drug-likeness (QED) is 0.471. The summed E-state index contributed by atoms with van der Waals surface area (Å²) in [6.45, 7) is 3.77. The zero-order chi connectivity index (χ0) is 20.8. The first-order valence-electron chi connectivity index (χ1n) is 9.10. The third-order valence-corrected chi connectivity index (χ3v) is 4.60. The van der Waals surface area contributed by atoms with Crippen LogP contribution < -0.4 is 0 Å². The van der Waals surface area contributed by atoms with Gasteiger partial charge >= 0.3 is 0 Å². The van der Waals surface area contributed by atoms with Gasteiger partial charge in [-0.05, 0) is 25.0 Å². The normalized spacial score (nSPS) is 15.5. The van der Waals surface area contributed by atoms with Crippen LogP contribution in [0.15, 0.2) is 48.5 Å². The molecule has 4 atom stereocenters. The average molecular weight is 386 g/mol. The molecule has 2 aromatic carbocycles. The van der Waals surface area contributed by atoms with Crippen molar-refractivity contribution in [3.63, 3.8) is 0 Å². The molecule has 2 unspecified atom stereocenters. The van der Waals surface area contributed by atoms with Crippen molar-refractivity contribution in [1.29, 1.82) is 0 Å². The second-order valence-electron chi connectivity index (χ2n) is 7.14. The first kappa shape index (κ1) is 21.9. The van der Waals surface area contributed by atoms with E-state index in [9.17, 15) is 30.0 Å². The highest BCUT2D eigenvalue weighted by Gasteiger charge is 2.36. The van der Waals surface area contributed by atoms with E-state index in [1.807, 2.05) is 32.0 Å². The molecule has 150 valence electrons. The fourth-order valence-corrected chi connectivity index (χ4v) is 2.91. The van der Waals surface area contributed by atoms with Crippen LogP contribution >= 0.6 is 0 Å². The number of benzene rings is 2. The van der Waals surface area contributed by atoms with Crippen LogP contribution in [0.25, 0.3) is 0 Å². The van der Waals surface area contributed by atoms with Gasteiger partial charge in [0.1, 0.15) is 12.2 Å². The zero-order valence-corrected chi connectivity index (χ0v) is 15.9. The molecule has 28 heavy (non-hydrogen) atoms. The van der Waals surface area contributed by atoms with E-state index in [-0.39, 0.29) is 12.8 Å². The number of aliphatic hydroxyl groups is 4. The van der Waals surface area contributed by atoms with E-state index in [0.29, 0.717) is 11.1 Å². The lowest BCUT2D eigenvalue weighted by molar-refractivity contribution is -0.152. The van der Waals surface area contributed by atoms with Crippen LogP contribution in [-0.2, 0) is 22.4 Å². The second-order valence-corrected chi connectivity index (χ2v) is 7.14. The van der Waals surface area contributed by atoms with E-state index in [1.165, 1.54) is 0 Å². The largest absolute Gasteiger partial charge is 0.390 e. The molecule has 0 aliphatic carbocycles. The van der Waals surface area contributed by atoms with Crippen molar-refractivity contribution in [3.05, 3.63) is 70.8 Å². The van der Waals surface area contributed by atoms with Crippen molar-refractivity contribution in [2.75, 3.05) is 0 Å². The third kappa shape index (κ3) is 5.81. The summed E-state index contributed by atoms with van der Waals surface area (Å²) >= 11 is 0. The number of hydrogen-bond donors (Lipinski definition) is 4. The monoisotopic (exact) mass is 386 g/mol. The van der Waals surface area contributed by atoms with Gasteiger partial charge in [-0.2, -0.15) is 0 Å². The van der Waals surface area contributed by atoms with Crippen molar-refractivity contribution in [2.45, 2.75) is 51.1 Å². The highest BCUT2D eigenvalue weighted by Crippen LogP contribution is 2.13. The molecule has 4 N–H and O–H groups in total. The topological polar surface area (TPSA) is 115 Å². The molecule has 0 spiro atoms. The van der Waals surface area contributed by atoms with Crippen molar-refractivity contribution >= 4 is 11.6 Å². The maximum absolute atomic E-state index is 12.2. The summed E-state index contributed by atoms with van der Waals surface area (Å²) in [5.74, 6) is -2.65. The van der Waals surface area contributed by atoms with E-state index in [2.05, 4.69) is 0 Å². The number of rotatable bonds is 9. The molecule has 0 amide bonds. The Morgan fingerprint density at radius 1 is 0.714 bits per heavy atom. The summed E-state index contributed by atoms with van der Waals surface area (Å²) < 4.78 is 0. The van der Waals surface area contributed by atoms with Crippen molar-refractivity contribution in [1.82, 2.24) is 0 Å². The van der Waals surface area contributed by atoms with Crippen LogP contribution in [0, 0.1) is 13.8 Å². The first-order chi connectivity index (χ1) is 13.2. The highest BCUT2D eigenvalue weighted by atomic mass is 16.3. The van der Waals surface area contributed by atoms with Crippen LogP contribution in [0.1, 0.15) is 22.3 Å². The Hall–Kier alpha value is -2.38. The molecule has 0 aliphatic rings. The Kier molecular flexibility index (Phi) is 7.60. The molecule has 2 aromatic rings. The standard InChI is InChI=1S/C22H26O6/c1-13-6-8-15(9-7-13)11-17(23)19(25)21(27)22(28)20(26)18(24)12-16-5-3-4-14(2)10-16/h3-10,17-20,23-26H,11-12H2,1-2H3/t17?,18?,19-,20+/m0/s1. The van der Waals surface area contributed by atoms with Gasteiger partial charge in [0.15, 0.2) is 0 Å². The van der Waals surface area contributed by atoms with E-state index in [4.69, 9.17) is 0 Å². The summed E-state index contributed by atoms with van der Waals surface area (Å²) in [7, 11) is 0. The Morgan fingerprint density at radius 3 is 1.71 bits per heavy atom. The number of aliphatic hydroxyl groups excluding tert-OH is 4. The molecule has 0 bridgehead atoms. The molecule has 6 nitrogen and oxygen atoms in total. The predicted molar refractivity (Wildman–Crippen MR) is 104 cm³/mol. The summed E-state index contributed by atoms with van der Waals surface area (Å²) in [6.07, 6.45) is -7.00. The Morgan fingerprint density at radius 2 is 1.21 bits per heavy atom. The van der Waals surface area contributed by atoms with Gasteiger partial charge in [0, 0.05) is 12.8 Å². The Balaban J connectivity index is 1.96. The fraction of sp³-hybridized carbons (Fsp3) is 0.364. The minimum atomic E-state index is -1.98. The summed E-state index contributed by atoms with van der Waals surface area (Å²) in [6, 6.07) is 14.3. The van der Waals surface area contributed by atoms with Gasteiger partial charge in [0.2, 0.25) is 11.6 Å². The first-order valence-corrected chi connectivity index (χ1v) is 9.10. The molecule has 0 fully saturated rings. The molecule has 6 heteroatoms. The van der Waals surface area contributed by atoms with Gasteiger partial charge in [-0.15, -0.1) is 0 Å². The SMILES string of the molecule is Cc1ccc(CC(O)[C@H](O)C(=O)C(=O)[C@H](O)C(O)Cc2cccc(C)c2)cc1. The summed E-state index contributed by atoms with van der Waals surface area (Å²) in [5.41, 5.74) is 3.37. The predicted octanol–water partition coefficient (Wildman–Crippen LogP) is 0.670. The van der Waals surface area contributed by atoms with Crippen molar-refractivity contribution in [2.24, 2.45) is 0 Å². The lowest BCUT2D eigenvalue weighted by Gasteiger charge is -2.20. The molecule has 0 aliphatic heterocycles. The number of ketones is 2. The van der Waals surface area contributed by atoms with Gasteiger partial charge in [0.25, 0.3) is 0 Å². The smallest absolute Gasteiger partial charge is 0.232 e. The molecular weight excluding hydrogens is 360 g/mol. The lowest BCUT2D eigenvalue weighted by atomic mass is 9.94. The lowest BCUT2D eigenvalue weighted by Crippen LogP contribution is -2.47.